The highest BCUT2D eigenvalue weighted by atomic mass is 16.5. The molecule has 1 aromatic rings. The first kappa shape index (κ1) is 17.5. The number of carboxylic acids is 1. The Kier molecular flexibility index (Phi) is 5.13. The van der Waals surface area contributed by atoms with E-state index < -0.39 is 18.2 Å². The zero-order valence-corrected chi connectivity index (χ0v) is 14.4. The van der Waals surface area contributed by atoms with Gasteiger partial charge in [-0.3, -0.25) is 4.79 Å². The van der Waals surface area contributed by atoms with Gasteiger partial charge in [0.1, 0.15) is 17.6 Å². The Bertz CT molecular complexity index is 661. The third kappa shape index (κ3) is 3.42. The van der Waals surface area contributed by atoms with E-state index in [-0.39, 0.29) is 11.9 Å². The van der Waals surface area contributed by atoms with E-state index in [4.69, 9.17) is 19.3 Å². The highest BCUT2D eigenvalue weighted by Crippen LogP contribution is 2.39. The second-order valence-electron chi connectivity index (χ2n) is 6.33. The second-order valence-corrected chi connectivity index (χ2v) is 6.33. The molecule has 0 spiro atoms. The van der Waals surface area contributed by atoms with Gasteiger partial charge in [0.05, 0.1) is 20.3 Å². The fraction of sp³-hybridized carbons (Fsp3) is 0.556. The minimum atomic E-state index is -1.01. The number of carbonyl (C=O) groups is 2. The molecule has 2 aliphatic heterocycles. The molecule has 0 saturated carbocycles. The SMILES string of the molecule is COc1ccc(C2CCCN2C(=O)[C@@H]2CC[C@H](C(=O)O)O2)c(OC)c1. The molecule has 2 aliphatic rings. The van der Waals surface area contributed by atoms with Crippen molar-refractivity contribution in [2.45, 2.75) is 43.9 Å². The van der Waals surface area contributed by atoms with Crippen molar-refractivity contribution in [2.75, 3.05) is 20.8 Å². The molecule has 1 unspecified atom stereocenters. The Morgan fingerprint density at radius 3 is 2.56 bits per heavy atom. The molecule has 0 aromatic heterocycles. The normalized spacial score (nSPS) is 25.8. The molecule has 7 heteroatoms. The zero-order valence-electron chi connectivity index (χ0n) is 14.4. The van der Waals surface area contributed by atoms with Crippen LogP contribution in [0.15, 0.2) is 18.2 Å². The maximum Gasteiger partial charge on any atom is 0.332 e. The third-order valence-corrected chi connectivity index (χ3v) is 4.91. The summed E-state index contributed by atoms with van der Waals surface area (Å²) in [6.45, 7) is 0.635. The molecule has 2 heterocycles. The van der Waals surface area contributed by atoms with Gasteiger partial charge in [-0.15, -0.1) is 0 Å². The molecule has 2 saturated heterocycles. The second kappa shape index (κ2) is 7.31. The van der Waals surface area contributed by atoms with Crippen molar-refractivity contribution < 1.29 is 28.9 Å². The summed E-state index contributed by atoms with van der Waals surface area (Å²) in [6, 6.07) is 5.48. The fourth-order valence-corrected chi connectivity index (χ4v) is 3.63. The lowest BCUT2D eigenvalue weighted by molar-refractivity contribution is -0.155. The van der Waals surface area contributed by atoms with Crippen molar-refractivity contribution in [1.29, 1.82) is 0 Å². The summed E-state index contributed by atoms with van der Waals surface area (Å²) < 4.78 is 16.1. The van der Waals surface area contributed by atoms with Gasteiger partial charge in [-0.25, -0.2) is 4.79 Å². The molecular formula is C18H23NO6. The van der Waals surface area contributed by atoms with Crippen LogP contribution < -0.4 is 9.47 Å². The lowest BCUT2D eigenvalue weighted by atomic mass is 10.0. The highest BCUT2D eigenvalue weighted by Gasteiger charge is 2.40. The van der Waals surface area contributed by atoms with Crippen LogP contribution in [-0.4, -0.2) is 54.9 Å². The van der Waals surface area contributed by atoms with Crippen LogP contribution in [0.4, 0.5) is 0 Å². The molecule has 1 aromatic carbocycles. The van der Waals surface area contributed by atoms with Crippen molar-refractivity contribution >= 4 is 11.9 Å². The minimum absolute atomic E-state index is 0.0964. The predicted molar refractivity (Wildman–Crippen MR) is 88.8 cm³/mol. The molecule has 0 radical (unpaired) electrons. The van der Waals surface area contributed by atoms with E-state index in [1.807, 2.05) is 18.2 Å². The molecule has 3 rings (SSSR count). The van der Waals surface area contributed by atoms with Crippen molar-refractivity contribution in [3.63, 3.8) is 0 Å². The molecule has 0 aliphatic carbocycles. The van der Waals surface area contributed by atoms with Gasteiger partial charge >= 0.3 is 5.97 Å². The first-order chi connectivity index (χ1) is 12.0. The van der Waals surface area contributed by atoms with Gasteiger partial charge in [-0.05, 0) is 37.8 Å². The van der Waals surface area contributed by atoms with Crippen LogP contribution in [0.2, 0.25) is 0 Å². The number of benzene rings is 1. The Hall–Kier alpha value is -2.28. The highest BCUT2D eigenvalue weighted by molar-refractivity contribution is 5.83. The van der Waals surface area contributed by atoms with E-state index in [1.54, 1.807) is 19.1 Å². The van der Waals surface area contributed by atoms with Crippen molar-refractivity contribution in [1.82, 2.24) is 4.90 Å². The summed E-state index contributed by atoms with van der Waals surface area (Å²) in [5.74, 6) is 0.230. The van der Waals surface area contributed by atoms with Crippen molar-refractivity contribution in [3.05, 3.63) is 23.8 Å². The van der Waals surface area contributed by atoms with Gasteiger partial charge in [-0.1, -0.05) is 0 Å². The number of aliphatic carboxylic acids is 1. The number of carboxylic acid groups (broad SMARTS) is 1. The summed E-state index contributed by atoms with van der Waals surface area (Å²) in [5, 5.41) is 9.05. The molecule has 136 valence electrons. The number of hydrogen-bond donors (Lipinski definition) is 1. The van der Waals surface area contributed by atoms with Crippen molar-refractivity contribution in [3.8, 4) is 11.5 Å². The maximum atomic E-state index is 12.9. The maximum absolute atomic E-state index is 12.9. The predicted octanol–water partition coefficient (Wildman–Crippen LogP) is 2.00. The monoisotopic (exact) mass is 349 g/mol. The van der Waals surface area contributed by atoms with Crippen LogP contribution in [0, 0.1) is 0 Å². The molecular weight excluding hydrogens is 326 g/mol. The van der Waals surface area contributed by atoms with Crippen LogP contribution in [0.5, 0.6) is 11.5 Å². The van der Waals surface area contributed by atoms with Gasteiger partial charge in [0.15, 0.2) is 6.10 Å². The van der Waals surface area contributed by atoms with E-state index in [9.17, 15) is 9.59 Å². The molecule has 1 N–H and O–H groups in total. The summed E-state index contributed by atoms with van der Waals surface area (Å²) in [6.07, 6.45) is 0.982. The Labute approximate surface area is 146 Å². The van der Waals surface area contributed by atoms with Crippen LogP contribution in [0.3, 0.4) is 0 Å². The lowest BCUT2D eigenvalue weighted by Gasteiger charge is -2.28. The quantitative estimate of drug-likeness (QED) is 0.875. The molecule has 0 bridgehead atoms. The summed E-state index contributed by atoms with van der Waals surface area (Å²) in [4.78, 5) is 25.7. The first-order valence-corrected chi connectivity index (χ1v) is 8.45. The topological polar surface area (TPSA) is 85.3 Å². The van der Waals surface area contributed by atoms with Crippen molar-refractivity contribution in [2.24, 2.45) is 0 Å². The van der Waals surface area contributed by atoms with Crippen LogP contribution >= 0.6 is 0 Å². The number of likely N-dealkylation sites (tertiary alicyclic amines) is 1. The van der Waals surface area contributed by atoms with E-state index in [0.717, 1.165) is 18.4 Å². The minimum Gasteiger partial charge on any atom is -0.497 e. The molecule has 1 amide bonds. The van der Waals surface area contributed by atoms with E-state index in [1.165, 1.54) is 0 Å². The Balaban J connectivity index is 1.79. The average Bonchev–Trinajstić information content (AvgIpc) is 3.30. The van der Waals surface area contributed by atoms with Crippen LogP contribution in [-0.2, 0) is 14.3 Å². The summed E-state index contributed by atoms with van der Waals surface area (Å²) in [7, 11) is 3.19. The average molecular weight is 349 g/mol. The molecule has 2 fully saturated rings. The van der Waals surface area contributed by atoms with Crippen LogP contribution in [0.25, 0.3) is 0 Å². The molecule has 25 heavy (non-hydrogen) atoms. The third-order valence-electron chi connectivity index (χ3n) is 4.91. The first-order valence-electron chi connectivity index (χ1n) is 8.45. The number of carbonyl (C=O) groups excluding carboxylic acids is 1. The lowest BCUT2D eigenvalue weighted by Crippen LogP contribution is -2.39. The molecule has 7 nitrogen and oxygen atoms in total. The van der Waals surface area contributed by atoms with Gasteiger partial charge in [0, 0.05) is 18.2 Å². The van der Waals surface area contributed by atoms with Gasteiger partial charge < -0.3 is 24.2 Å². The Morgan fingerprint density at radius 1 is 1.16 bits per heavy atom. The van der Waals surface area contributed by atoms with E-state index in [2.05, 4.69) is 0 Å². The zero-order chi connectivity index (χ0) is 18.0. The number of rotatable bonds is 5. The molecule has 3 atom stereocenters. The number of ether oxygens (including phenoxy) is 3. The van der Waals surface area contributed by atoms with Gasteiger partial charge in [0.25, 0.3) is 5.91 Å². The van der Waals surface area contributed by atoms with E-state index >= 15 is 0 Å². The summed E-state index contributed by atoms with van der Waals surface area (Å²) >= 11 is 0. The number of nitrogens with zero attached hydrogens (tertiary/aromatic N) is 1. The van der Waals surface area contributed by atoms with Crippen LogP contribution in [0.1, 0.15) is 37.3 Å². The number of amides is 1. The standard InChI is InChI=1S/C18H23NO6/c1-23-11-5-6-12(16(10-11)24-2)13-4-3-9-19(13)17(20)14-7-8-15(25-14)18(21)22/h5-6,10,13-15H,3-4,7-9H2,1-2H3,(H,21,22)/t13?,14-,15+/m0/s1. The Morgan fingerprint density at radius 2 is 1.92 bits per heavy atom. The van der Waals surface area contributed by atoms with E-state index in [0.29, 0.717) is 30.9 Å². The van der Waals surface area contributed by atoms with Gasteiger partial charge in [0.2, 0.25) is 0 Å². The van der Waals surface area contributed by atoms with Gasteiger partial charge in [-0.2, -0.15) is 0 Å². The smallest absolute Gasteiger partial charge is 0.332 e. The largest absolute Gasteiger partial charge is 0.497 e. The number of hydrogen-bond acceptors (Lipinski definition) is 5. The fourth-order valence-electron chi connectivity index (χ4n) is 3.63. The summed E-state index contributed by atoms with van der Waals surface area (Å²) in [5.41, 5.74) is 0.932. The number of methoxy groups -OCH3 is 2.